The number of nitrogens with zero attached hydrogens (tertiary/aromatic N) is 2. The molecule has 1 aliphatic carbocycles. The van der Waals surface area contributed by atoms with Crippen molar-refractivity contribution < 1.29 is 4.74 Å². The van der Waals surface area contributed by atoms with Crippen LogP contribution < -0.4 is 15.4 Å². The molecule has 1 aromatic rings. The fraction of sp³-hybridized carbons (Fsp3) is 0.696. The lowest BCUT2D eigenvalue weighted by molar-refractivity contribution is 0.197. The Morgan fingerprint density at radius 2 is 1.83 bits per heavy atom. The lowest BCUT2D eigenvalue weighted by atomic mass is 10.1. The molecule has 0 aromatic heterocycles. The van der Waals surface area contributed by atoms with E-state index in [9.17, 15) is 0 Å². The third-order valence-corrected chi connectivity index (χ3v) is 5.45. The summed E-state index contributed by atoms with van der Waals surface area (Å²) in [5, 5.41) is 7.06. The summed E-state index contributed by atoms with van der Waals surface area (Å²) < 4.78 is 5.76. The van der Waals surface area contributed by atoms with Gasteiger partial charge in [-0.25, -0.2) is 0 Å². The van der Waals surface area contributed by atoms with Crippen LogP contribution in [-0.2, 0) is 6.42 Å². The van der Waals surface area contributed by atoms with Gasteiger partial charge in [0.2, 0.25) is 0 Å². The van der Waals surface area contributed by atoms with Crippen LogP contribution in [0.2, 0.25) is 0 Å². The molecule has 6 heteroatoms. The molecule has 0 atom stereocenters. The zero-order chi connectivity index (χ0) is 19.8. The number of benzene rings is 1. The Bertz CT molecular complexity index is 608. The van der Waals surface area contributed by atoms with E-state index in [4.69, 9.17) is 9.73 Å². The van der Waals surface area contributed by atoms with E-state index in [0.717, 1.165) is 43.9 Å². The minimum atomic E-state index is 0. The van der Waals surface area contributed by atoms with Crippen molar-refractivity contribution in [1.29, 1.82) is 0 Å². The molecule has 5 nitrogen and oxygen atoms in total. The summed E-state index contributed by atoms with van der Waals surface area (Å²) in [6.07, 6.45) is 6.21. The Labute approximate surface area is 194 Å². The number of hydrogen-bond acceptors (Lipinski definition) is 3. The fourth-order valence-electron chi connectivity index (χ4n) is 3.67. The molecule has 0 bridgehead atoms. The first-order valence-electron chi connectivity index (χ1n) is 11.1. The van der Waals surface area contributed by atoms with Crippen LogP contribution in [0.4, 0.5) is 0 Å². The third kappa shape index (κ3) is 8.70. The van der Waals surface area contributed by atoms with Gasteiger partial charge in [-0.1, -0.05) is 26.0 Å². The van der Waals surface area contributed by atoms with Crippen LogP contribution in [0.3, 0.4) is 0 Å². The molecule has 2 N–H and O–H groups in total. The number of likely N-dealkylation sites (tertiary alicyclic amines) is 1. The standard InChI is InChI=1S/C23H38N4O.HI/c1-4-24-23(26-20-12-15-27(16-13-20)21-7-8-21)25-14-11-19-5-9-22(10-6-19)28-17-18(2)3;/h5-6,9-10,18,20-21H,4,7-8,11-17H2,1-3H3,(H2,24,25,26);1H. The van der Waals surface area contributed by atoms with Crippen molar-refractivity contribution in [2.75, 3.05) is 32.8 Å². The number of aliphatic imine (C=N–C) groups is 1. The second kappa shape index (κ2) is 12.6. The van der Waals surface area contributed by atoms with Crippen LogP contribution in [0.15, 0.2) is 29.3 Å². The van der Waals surface area contributed by atoms with Crippen LogP contribution in [-0.4, -0.2) is 55.7 Å². The first-order chi connectivity index (χ1) is 13.6. The first-order valence-corrected chi connectivity index (χ1v) is 11.1. The van der Waals surface area contributed by atoms with E-state index in [1.807, 2.05) is 0 Å². The number of piperidine rings is 1. The maximum atomic E-state index is 5.76. The number of guanidine groups is 1. The average Bonchev–Trinajstić information content (AvgIpc) is 3.53. The van der Waals surface area contributed by atoms with Crippen molar-refractivity contribution in [1.82, 2.24) is 15.5 Å². The molecule has 1 heterocycles. The molecule has 1 saturated heterocycles. The van der Waals surface area contributed by atoms with Gasteiger partial charge in [-0.3, -0.25) is 4.99 Å². The van der Waals surface area contributed by atoms with E-state index in [1.165, 1.54) is 44.3 Å². The van der Waals surface area contributed by atoms with Crippen molar-refractivity contribution in [3.05, 3.63) is 29.8 Å². The van der Waals surface area contributed by atoms with Gasteiger partial charge in [-0.2, -0.15) is 0 Å². The minimum Gasteiger partial charge on any atom is -0.493 e. The normalized spacial score (nSPS) is 18.4. The first kappa shape index (κ1) is 24.3. The topological polar surface area (TPSA) is 48.9 Å². The van der Waals surface area contributed by atoms with Gasteiger partial charge in [0.1, 0.15) is 5.75 Å². The van der Waals surface area contributed by atoms with Crippen LogP contribution >= 0.6 is 24.0 Å². The molecular weight excluding hydrogens is 475 g/mol. The molecule has 0 spiro atoms. The highest BCUT2D eigenvalue weighted by molar-refractivity contribution is 14.0. The van der Waals surface area contributed by atoms with Crippen LogP contribution in [0.5, 0.6) is 5.75 Å². The second-order valence-electron chi connectivity index (χ2n) is 8.55. The SMILES string of the molecule is CCNC(=NCCc1ccc(OCC(C)C)cc1)NC1CCN(C2CC2)CC1.I. The third-order valence-electron chi connectivity index (χ3n) is 5.45. The van der Waals surface area contributed by atoms with Gasteiger partial charge < -0.3 is 20.3 Å². The summed E-state index contributed by atoms with van der Waals surface area (Å²) >= 11 is 0. The zero-order valence-electron chi connectivity index (χ0n) is 18.3. The van der Waals surface area contributed by atoms with Gasteiger partial charge in [0.15, 0.2) is 5.96 Å². The van der Waals surface area contributed by atoms with Gasteiger partial charge >= 0.3 is 0 Å². The molecular formula is C23H39IN4O. The smallest absolute Gasteiger partial charge is 0.191 e. The molecule has 1 aromatic carbocycles. The molecule has 2 fully saturated rings. The van der Waals surface area contributed by atoms with Crippen LogP contribution in [0.1, 0.15) is 52.0 Å². The summed E-state index contributed by atoms with van der Waals surface area (Å²) in [5.74, 6) is 2.46. The Balaban J connectivity index is 0.00000300. The molecule has 0 amide bonds. The molecule has 2 aliphatic rings. The number of halogens is 1. The number of nitrogens with one attached hydrogen (secondary N) is 2. The van der Waals surface area contributed by atoms with Gasteiger partial charge in [0, 0.05) is 38.3 Å². The molecule has 0 unspecified atom stereocenters. The summed E-state index contributed by atoms with van der Waals surface area (Å²) in [6, 6.07) is 9.88. The van der Waals surface area contributed by atoms with E-state index >= 15 is 0 Å². The van der Waals surface area contributed by atoms with Crippen molar-refractivity contribution in [2.24, 2.45) is 10.9 Å². The lowest BCUT2D eigenvalue weighted by Gasteiger charge is -2.33. The van der Waals surface area contributed by atoms with Crippen LogP contribution in [0.25, 0.3) is 0 Å². The van der Waals surface area contributed by atoms with Gasteiger partial charge in [-0.15, -0.1) is 24.0 Å². The van der Waals surface area contributed by atoms with Crippen molar-refractivity contribution >= 4 is 29.9 Å². The molecule has 29 heavy (non-hydrogen) atoms. The lowest BCUT2D eigenvalue weighted by Crippen LogP contribution is -2.49. The van der Waals surface area contributed by atoms with E-state index in [-0.39, 0.29) is 24.0 Å². The summed E-state index contributed by atoms with van der Waals surface area (Å²) in [5.41, 5.74) is 1.30. The van der Waals surface area contributed by atoms with E-state index in [2.05, 4.69) is 60.6 Å². The van der Waals surface area contributed by atoms with Crippen molar-refractivity contribution in [2.45, 2.75) is 65.0 Å². The monoisotopic (exact) mass is 514 g/mol. The molecule has 3 rings (SSSR count). The highest BCUT2D eigenvalue weighted by Gasteiger charge is 2.31. The Morgan fingerprint density at radius 3 is 2.41 bits per heavy atom. The summed E-state index contributed by atoms with van der Waals surface area (Å²) in [4.78, 5) is 7.46. The number of rotatable bonds is 9. The Kier molecular flexibility index (Phi) is 10.6. The van der Waals surface area contributed by atoms with Gasteiger partial charge in [-0.05, 0) is 62.6 Å². The average molecular weight is 514 g/mol. The number of hydrogen-bond donors (Lipinski definition) is 2. The van der Waals surface area contributed by atoms with E-state index < -0.39 is 0 Å². The van der Waals surface area contributed by atoms with Crippen LogP contribution in [0, 0.1) is 5.92 Å². The summed E-state index contributed by atoms with van der Waals surface area (Å²) in [7, 11) is 0. The van der Waals surface area contributed by atoms with Crippen molar-refractivity contribution in [3.8, 4) is 5.75 Å². The highest BCUT2D eigenvalue weighted by Crippen LogP contribution is 2.29. The molecule has 1 aliphatic heterocycles. The van der Waals surface area contributed by atoms with E-state index in [0.29, 0.717) is 12.0 Å². The molecule has 164 valence electrons. The quantitative estimate of drug-likeness (QED) is 0.297. The molecule has 0 radical (unpaired) electrons. The number of ether oxygens (including phenoxy) is 1. The minimum absolute atomic E-state index is 0. The Hall–Kier alpha value is -1.02. The largest absolute Gasteiger partial charge is 0.493 e. The van der Waals surface area contributed by atoms with Crippen molar-refractivity contribution in [3.63, 3.8) is 0 Å². The predicted molar refractivity (Wildman–Crippen MR) is 133 cm³/mol. The highest BCUT2D eigenvalue weighted by atomic mass is 127. The summed E-state index contributed by atoms with van der Waals surface area (Å²) in [6.45, 7) is 11.4. The maximum Gasteiger partial charge on any atom is 0.191 e. The Morgan fingerprint density at radius 1 is 1.14 bits per heavy atom. The van der Waals surface area contributed by atoms with Gasteiger partial charge in [0.05, 0.1) is 6.61 Å². The predicted octanol–water partition coefficient (Wildman–Crippen LogP) is 4.06. The second-order valence-corrected chi connectivity index (χ2v) is 8.55. The maximum absolute atomic E-state index is 5.76. The van der Waals surface area contributed by atoms with E-state index in [1.54, 1.807) is 0 Å². The molecule has 1 saturated carbocycles. The fourth-order valence-corrected chi connectivity index (χ4v) is 3.67. The zero-order valence-corrected chi connectivity index (χ0v) is 20.7. The van der Waals surface area contributed by atoms with Gasteiger partial charge in [0.25, 0.3) is 0 Å².